The van der Waals surface area contributed by atoms with Crippen LogP contribution < -0.4 is 0 Å². The molecule has 92 valence electrons. The van der Waals surface area contributed by atoms with Gasteiger partial charge in [0.15, 0.2) is 5.58 Å². The van der Waals surface area contributed by atoms with Gasteiger partial charge in [0.25, 0.3) is 0 Å². The van der Waals surface area contributed by atoms with Gasteiger partial charge in [0.1, 0.15) is 11.9 Å². The molecule has 18 heavy (non-hydrogen) atoms. The Morgan fingerprint density at radius 3 is 2.72 bits per heavy atom. The van der Waals surface area contributed by atoms with Crippen molar-refractivity contribution in [3.8, 4) is 0 Å². The second-order valence-electron chi connectivity index (χ2n) is 3.88. The van der Waals surface area contributed by atoms with E-state index in [0.717, 1.165) is 10.3 Å². The van der Waals surface area contributed by atoms with Gasteiger partial charge in [-0.2, -0.15) is 0 Å². The molecule has 3 aromatic rings. The van der Waals surface area contributed by atoms with Crippen molar-refractivity contribution in [3.63, 3.8) is 0 Å². The Morgan fingerprint density at radius 1 is 1.22 bits per heavy atom. The lowest BCUT2D eigenvalue weighted by Crippen LogP contribution is -1.93. The zero-order valence-electron chi connectivity index (χ0n) is 9.06. The van der Waals surface area contributed by atoms with Crippen molar-refractivity contribution in [2.24, 2.45) is 0 Å². The maximum atomic E-state index is 10.2. The highest BCUT2D eigenvalue weighted by molar-refractivity contribution is 7.10. The SMILES string of the molecule is OC(c1cc2cccc(Cl)c2o1)c1cc(Cl)cs1. The topological polar surface area (TPSA) is 33.4 Å². The highest BCUT2D eigenvalue weighted by atomic mass is 35.5. The number of rotatable bonds is 2. The highest BCUT2D eigenvalue weighted by Crippen LogP contribution is 2.34. The summed E-state index contributed by atoms with van der Waals surface area (Å²) >= 11 is 13.3. The molecule has 0 radical (unpaired) electrons. The lowest BCUT2D eigenvalue weighted by molar-refractivity contribution is 0.196. The van der Waals surface area contributed by atoms with Gasteiger partial charge in [-0.3, -0.25) is 0 Å². The molecule has 3 rings (SSSR count). The molecule has 0 saturated carbocycles. The quantitative estimate of drug-likeness (QED) is 0.731. The van der Waals surface area contributed by atoms with Crippen molar-refractivity contribution in [2.75, 3.05) is 0 Å². The molecule has 0 spiro atoms. The van der Waals surface area contributed by atoms with E-state index in [0.29, 0.717) is 21.4 Å². The molecule has 2 aromatic heterocycles. The molecule has 1 N–H and O–H groups in total. The van der Waals surface area contributed by atoms with Gasteiger partial charge in [-0.25, -0.2) is 0 Å². The minimum Gasteiger partial charge on any atom is -0.456 e. The predicted octanol–water partition coefficient (Wildman–Crippen LogP) is 4.88. The summed E-state index contributed by atoms with van der Waals surface area (Å²) in [6, 6.07) is 9.01. The monoisotopic (exact) mass is 298 g/mol. The zero-order valence-corrected chi connectivity index (χ0v) is 11.4. The van der Waals surface area contributed by atoms with Gasteiger partial charge in [0, 0.05) is 15.6 Å². The third-order valence-electron chi connectivity index (χ3n) is 2.64. The Hall–Kier alpha value is -1.000. The molecule has 0 aliphatic rings. The number of hydrogen-bond donors (Lipinski definition) is 1. The molecule has 0 fully saturated rings. The van der Waals surface area contributed by atoms with Crippen molar-refractivity contribution in [2.45, 2.75) is 6.10 Å². The average Bonchev–Trinajstić information content (AvgIpc) is 2.95. The van der Waals surface area contributed by atoms with E-state index in [4.69, 9.17) is 27.6 Å². The number of para-hydroxylation sites is 1. The van der Waals surface area contributed by atoms with Crippen LogP contribution in [0.4, 0.5) is 0 Å². The largest absolute Gasteiger partial charge is 0.456 e. The number of furan rings is 1. The van der Waals surface area contributed by atoms with Crippen LogP contribution in [-0.4, -0.2) is 5.11 Å². The minimum atomic E-state index is -0.814. The van der Waals surface area contributed by atoms with Crippen molar-refractivity contribution < 1.29 is 9.52 Å². The molecule has 0 saturated heterocycles. The van der Waals surface area contributed by atoms with Gasteiger partial charge < -0.3 is 9.52 Å². The number of aliphatic hydroxyl groups is 1. The molecule has 0 aliphatic heterocycles. The first-order valence-corrected chi connectivity index (χ1v) is 6.88. The van der Waals surface area contributed by atoms with E-state index in [1.165, 1.54) is 11.3 Å². The molecule has 0 bridgehead atoms. The van der Waals surface area contributed by atoms with Crippen LogP contribution in [0.3, 0.4) is 0 Å². The van der Waals surface area contributed by atoms with E-state index in [2.05, 4.69) is 0 Å². The smallest absolute Gasteiger partial charge is 0.153 e. The molecule has 1 unspecified atom stereocenters. The van der Waals surface area contributed by atoms with Crippen LogP contribution >= 0.6 is 34.5 Å². The summed E-state index contributed by atoms with van der Waals surface area (Å²) < 4.78 is 5.61. The predicted molar refractivity (Wildman–Crippen MR) is 74.6 cm³/mol. The number of aliphatic hydroxyl groups excluding tert-OH is 1. The van der Waals surface area contributed by atoms with Crippen LogP contribution in [0.1, 0.15) is 16.7 Å². The van der Waals surface area contributed by atoms with Crippen molar-refractivity contribution >= 4 is 45.5 Å². The number of hydrogen-bond acceptors (Lipinski definition) is 3. The first-order valence-electron chi connectivity index (χ1n) is 5.25. The van der Waals surface area contributed by atoms with Crippen LogP contribution in [0.15, 0.2) is 40.1 Å². The molecule has 2 heterocycles. The minimum absolute atomic E-state index is 0.469. The lowest BCUT2D eigenvalue weighted by atomic mass is 10.2. The maximum absolute atomic E-state index is 10.2. The van der Waals surface area contributed by atoms with Gasteiger partial charge in [-0.05, 0) is 18.2 Å². The van der Waals surface area contributed by atoms with E-state index in [-0.39, 0.29) is 0 Å². The van der Waals surface area contributed by atoms with Crippen molar-refractivity contribution in [1.29, 1.82) is 0 Å². The summed E-state index contributed by atoms with van der Waals surface area (Å²) in [4.78, 5) is 0.746. The third kappa shape index (κ3) is 2.04. The van der Waals surface area contributed by atoms with E-state index < -0.39 is 6.10 Å². The van der Waals surface area contributed by atoms with Crippen LogP contribution in [0.2, 0.25) is 10.0 Å². The standard InChI is InChI=1S/C13H8Cl2O2S/c14-8-5-11(18-6-8)12(16)10-4-7-2-1-3-9(15)13(7)17-10/h1-6,12,16H. The number of fused-ring (bicyclic) bond motifs is 1. The fourth-order valence-corrected chi connectivity index (χ4v) is 3.09. The molecule has 5 heteroatoms. The summed E-state index contributed by atoms with van der Waals surface area (Å²) in [6.45, 7) is 0. The van der Waals surface area contributed by atoms with Gasteiger partial charge in [0.2, 0.25) is 0 Å². The molecular formula is C13H8Cl2O2S. The Labute approximate surface area is 117 Å². The molecule has 1 aromatic carbocycles. The van der Waals surface area contributed by atoms with E-state index in [1.807, 2.05) is 12.1 Å². The van der Waals surface area contributed by atoms with Gasteiger partial charge >= 0.3 is 0 Å². The molecule has 0 aliphatic carbocycles. The zero-order chi connectivity index (χ0) is 12.7. The molecule has 1 atom stereocenters. The van der Waals surface area contributed by atoms with Crippen LogP contribution in [0.25, 0.3) is 11.0 Å². The van der Waals surface area contributed by atoms with Crippen molar-refractivity contribution in [1.82, 2.24) is 0 Å². The maximum Gasteiger partial charge on any atom is 0.153 e. The Bertz CT molecular complexity index is 702. The summed E-state index contributed by atoms with van der Waals surface area (Å²) in [5.74, 6) is 0.469. The lowest BCUT2D eigenvalue weighted by Gasteiger charge is -2.03. The van der Waals surface area contributed by atoms with Crippen LogP contribution in [-0.2, 0) is 0 Å². The van der Waals surface area contributed by atoms with Crippen molar-refractivity contribution in [3.05, 3.63) is 56.4 Å². The fraction of sp³-hybridized carbons (Fsp3) is 0.0769. The number of benzene rings is 1. The van der Waals surface area contributed by atoms with E-state index >= 15 is 0 Å². The third-order valence-corrected chi connectivity index (χ3v) is 4.27. The summed E-state index contributed by atoms with van der Waals surface area (Å²) in [5, 5.41) is 14.0. The van der Waals surface area contributed by atoms with Gasteiger partial charge in [-0.1, -0.05) is 35.3 Å². The Morgan fingerprint density at radius 2 is 2.06 bits per heavy atom. The second kappa shape index (κ2) is 4.59. The number of thiophene rings is 1. The summed E-state index contributed by atoms with van der Waals surface area (Å²) in [7, 11) is 0. The average molecular weight is 299 g/mol. The van der Waals surface area contributed by atoms with Gasteiger partial charge in [-0.15, -0.1) is 11.3 Å². The molecular weight excluding hydrogens is 291 g/mol. The Kier molecular flexibility index (Phi) is 3.08. The van der Waals surface area contributed by atoms with Gasteiger partial charge in [0.05, 0.1) is 10.0 Å². The number of halogens is 2. The normalized spacial score (nSPS) is 13.1. The highest BCUT2D eigenvalue weighted by Gasteiger charge is 2.18. The van der Waals surface area contributed by atoms with E-state index in [9.17, 15) is 5.11 Å². The second-order valence-corrected chi connectivity index (χ2v) is 5.66. The fourth-order valence-electron chi connectivity index (χ4n) is 1.79. The first kappa shape index (κ1) is 12.1. The Balaban J connectivity index is 2.06. The molecule has 0 amide bonds. The summed E-state index contributed by atoms with van der Waals surface area (Å²) in [6.07, 6.45) is -0.814. The molecule has 2 nitrogen and oxygen atoms in total. The van der Waals surface area contributed by atoms with Crippen LogP contribution in [0.5, 0.6) is 0 Å². The first-order chi connectivity index (χ1) is 8.65. The van der Waals surface area contributed by atoms with Crippen LogP contribution in [0, 0.1) is 0 Å². The summed E-state index contributed by atoms with van der Waals surface area (Å²) in [5.41, 5.74) is 0.593. The van der Waals surface area contributed by atoms with E-state index in [1.54, 1.807) is 23.6 Å².